The number of fused-ring (bicyclic) bond motifs is 2. The molecule has 2 unspecified atom stereocenters. The van der Waals surface area contributed by atoms with Gasteiger partial charge in [-0.15, -0.1) is 0 Å². The van der Waals surface area contributed by atoms with Gasteiger partial charge in [0.05, 0.1) is 5.69 Å². The van der Waals surface area contributed by atoms with E-state index >= 15 is 0 Å². The Kier molecular flexibility index (Phi) is 4.56. The first-order valence-corrected chi connectivity index (χ1v) is 9.92. The van der Waals surface area contributed by atoms with Crippen molar-refractivity contribution in [3.05, 3.63) is 29.7 Å². The van der Waals surface area contributed by atoms with Gasteiger partial charge in [-0.25, -0.2) is 9.50 Å². The van der Waals surface area contributed by atoms with Gasteiger partial charge in [0.15, 0.2) is 11.4 Å². The molecule has 152 valence electrons. The number of nitrogens with two attached hydrogens (primary N) is 1. The van der Waals surface area contributed by atoms with Crippen LogP contribution in [0.1, 0.15) is 32.0 Å². The first-order chi connectivity index (χ1) is 13.6. The molecule has 1 amide bonds. The fourth-order valence-electron chi connectivity index (χ4n) is 3.15. The molecule has 0 spiro atoms. The number of carbonyl (C=O) groups excluding carboxylic acids is 2. The summed E-state index contributed by atoms with van der Waals surface area (Å²) >= 11 is 1.40. The second kappa shape index (κ2) is 6.83. The second-order valence-corrected chi connectivity index (χ2v) is 8.96. The zero-order valence-corrected chi connectivity index (χ0v) is 17.3. The largest absolute Gasteiger partial charge is 0.459 e. The SMILES string of the molecule is Cc1cc2ncc(C3=NC4C(C(N)=O)=NN(CC(=O)OC(C)(C)C)C4S3)cn2n1. The van der Waals surface area contributed by atoms with Crippen molar-refractivity contribution in [2.24, 2.45) is 15.8 Å². The van der Waals surface area contributed by atoms with Crippen molar-refractivity contribution in [2.45, 2.75) is 44.7 Å². The van der Waals surface area contributed by atoms with Gasteiger partial charge in [0.2, 0.25) is 0 Å². The van der Waals surface area contributed by atoms with Gasteiger partial charge in [0, 0.05) is 24.0 Å². The Bertz CT molecular complexity index is 1070. The Balaban J connectivity index is 1.59. The van der Waals surface area contributed by atoms with Crippen LogP contribution < -0.4 is 5.73 Å². The summed E-state index contributed by atoms with van der Waals surface area (Å²) in [6, 6.07) is 1.33. The Morgan fingerprint density at radius 1 is 1.34 bits per heavy atom. The molecule has 0 aromatic carbocycles. The molecule has 2 aliphatic rings. The van der Waals surface area contributed by atoms with E-state index in [1.807, 2.05) is 19.2 Å². The minimum Gasteiger partial charge on any atom is -0.459 e. The van der Waals surface area contributed by atoms with Crippen LogP contribution in [-0.4, -0.2) is 65.8 Å². The molecule has 2 aromatic rings. The van der Waals surface area contributed by atoms with Crippen molar-refractivity contribution in [3.8, 4) is 0 Å². The number of amides is 1. The first-order valence-electron chi connectivity index (χ1n) is 9.04. The number of thioether (sulfide) groups is 1. The van der Waals surface area contributed by atoms with Crippen molar-refractivity contribution < 1.29 is 14.3 Å². The van der Waals surface area contributed by atoms with E-state index < -0.39 is 23.5 Å². The van der Waals surface area contributed by atoms with Crippen LogP contribution in [0, 0.1) is 6.92 Å². The highest BCUT2D eigenvalue weighted by Crippen LogP contribution is 2.37. The number of aromatic nitrogens is 3. The lowest BCUT2D eigenvalue weighted by Gasteiger charge is -2.24. The molecule has 2 atom stereocenters. The van der Waals surface area contributed by atoms with E-state index in [0.717, 1.165) is 16.9 Å². The number of aryl methyl sites for hydroxylation is 1. The summed E-state index contributed by atoms with van der Waals surface area (Å²) in [5.74, 6) is -1.09. The molecule has 4 heterocycles. The van der Waals surface area contributed by atoms with Crippen LogP contribution >= 0.6 is 11.8 Å². The standard InChI is InChI=1S/C18H21N7O3S/c1-9-5-11-20-6-10(7-24(11)22-9)16-21-14-13(15(19)27)23-25(17(14)29-16)8-12(26)28-18(2,3)4/h5-7,14,17H,8H2,1-4H3,(H2,19,27). The third-order valence-electron chi connectivity index (χ3n) is 4.21. The molecule has 2 N–H and O–H groups in total. The number of aliphatic imine (C=N–C) groups is 1. The summed E-state index contributed by atoms with van der Waals surface area (Å²) in [7, 11) is 0. The van der Waals surface area contributed by atoms with Crippen LogP contribution in [0.4, 0.5) is 0 Å². The highest BCUT2D eigenvalue weighted by molar-refractivity contribution is 8.15. The number of hydrogen-bond donors (Lipinski definition) is 1. The monoisotopic (exact) mass is 415 g/mol. The predicted molar refractivity (Wildman–Crippen MR) is 109 cm³/mol. The van der Waals surface area contributed by atoms with Crippen LogP contribution in [0.3, 0.4) is 0 Å². The minimum atomic E-state index is -0.659. The van der Waals surface area contributed by atoms with E-state index in [1.54, 1.807) is 31.5 Å². The molecule has 0 aliphatic carbocycles. The molecular weight excluding hydrogens is 394 g/mol. The zero-order chi connectivity index (χ0) is 20.9. The molecule has 0 radical (unpaired) electrons. The number of carbonyl (C=O) groups is 2. The molecule has 2 aromatic heterocycles. The molecule has 0 saturated heterocycles. The fourth-order valence-corrected chi connectivity index (χ4v) is 4.36. The van der Waals surface area contributed by atoms with Crippen molar-refractivity contribution in [2.75, 3.05) is 6.54 Å². The van der Waals surface area contributed by atoms with Gasteiger partial charge < -0.3 is 10.5 Å². The van der Waals surface area contributed by atoms with E-state index in [1.165, 1.54) is 16.8 Å². The number of esters is 1. The molecule has 2 aliphatic heterocycles. The average Bonchev–Trinajstić information content (AvgIpc) is 3.25. The topological polar surface area (TPSA) is 128 Å². The van der Waals surface area contributed by atoms with E-state index in [-0.39, 0.29) is 17.6 Å². The number of ether oxygens (including phenoxy) is 1. The summed E-state index contributed by atoms with van der Waals surface area (Å²) in [4.78, 5) is 33.2. The highest BCUT2D eigenvalue weighted by atomic mass is 32.2. The predicted octanol–water partition coefficient (Wildman–Crippen LogP) is 0.724. The van der Waals surface area contributed by atoms with Crippen LogP contribution in [-0.2, 0) is 14.3 Å². The van der Waals surface area contributed by atoms with E-state index in [4.69, 9.17) is 10.5 Å². The summed E-state index contributed by atoms with van der Waals surface area (Å²) in [5, 5.41) is 10.5. The fraction of sp³-hybridized carbons (Fsp3) is 0.444. The maximum absolute atomic E-state index is 12.3. The van der Waals surface area contributed by atoms with E-state index in [9.17, 15) is 9.59 Å². The molecular formula is C18H21N7O3S. The van der Waals surface area contributed by atoms with Gasteiger partial charge in [-0.05, 0) is 27.7 Å². The van der Waals surface area contributed by atoms with Crippen LogP contribution in [0.2, 0.25) is 0 Å². The summed E-state index contributed by atoms with van der Waals surface area (Å²) in [6.45, 7) is 7.18. The molecule has 0 fully saturated rings. The van der Waals surface area contributed by atoms with Crippen LogP contribution in [0.15, 0.2) is 28.6 Å². The smallest absolute Gasteiger partial charge is 0.327 e. The third kappa shape index (κ3) is 3.82. The Labute approximate surface area is 171 Å². The molecule has 10 nitrogen and oxygen atoms in total. The first kappa shape index (κ1) is 19.4. The molecule has 11 heteroatoms. The van der Waals surface area contributed by atoms with Gasteiger partial charge in [-0.3, -0.25) is 19.6 Å². The van der Waals surface area contributed by atoms with Gasteiger partial charge in [-0.2, -0.15) is 10.2 Å². The molecule has 4 rings (SSSR count). The highest BCUT2D eigenvalue weighted by Gasteiger charge is 2.46. The number of nitrogens with zero attached hydrogens (tertiary/aromatic N) is 6. The normalized spacial score (nSPS) is 21.2. The Morgan fingerprint density at radius 3 is 2.79 bits per heavy atom. The number of rotatable bonds is 4. The Hall–Kier alpha value is -2.95. The van der Waals surface area contributed by atoms with Crippen LogP contribution in [0.5, 0.6) is 0 Å². The summed E-state index contributed by atoms with van der Waals surface area (Å²) in [6.07, 6.45) is 3.55. The maximum atomic E-state index is 12.3. The molecule has 0 bridgehead atoms. The van der Waals surface area contributed by atoms with Gasteiger partial charge in [0.25, 0.3) is 5.91 Å². The lowest BCUT2D eigenvalue weighted by atomic mass is 10.2. The maximum Gasteiger partial charge on any atom is 0.327 e. The number of hydrogen-bond acceptors (Lipinski definition) is 9. The van der Waals surface area contributed by atoms with Gasteiger partial charge in [0.1, 0.15) is 28.6 Å². The van der Waals surface area contributed by atoms with Gasteiger partial charge in [-0.1, -0.05) is 11.8 Å². The van der Waals surface area contributed by atoms with Crippen molar-refractivity contribution >= 4 is 40.0 Å². The Morgan fingerprint density at radius 2 is 2.10 bits per heavy atom. The second-order valence-electron chi connectivity index (χ2n) is 7.85. The quantitative estimate of drug-likeness (QED) is 0.729. The molecule has 0 saturated carbocycles. The zero-order valence-electron chi connectivity index (χ0n) is 16.5. The minimum absolute atomic E-state index is 0.0966. The lowest BCUT2D eigenvalue weighted by Crippen LogP contribution is -2.38. The third-order valence-corrected chi connectivity index (χ3v) is 5.52. The number of hydrazone groups is 1. The summed E-state index contributed by atoms with van der Waals surface area (Å²) < 4.78 is 7.06. The summed E-state index contributed by atoms with van der Waals surface area (Å²) in [5.41, 5.74) is 7.37. The molecule has 29 heavy (non-hydrogen) atoms. The average molecular weight is 415 g/mol. The van der Waals surface area contributed by atoms with Crippen LogP contribution in [0.25, 0.3) is 5.65 Å². The van der Waals surface area contributed by atoms with Crippen molar-refractivity contribution in [3.63, 3.8) is 0 Å². The van der Waals surface area contributed by atoms with Crippen molar-refractivity contribution in [1.29, 1.82) is 0 Å². The van der Waals surface area contributed by atoms with E-state index in [2.05, 4.69) is 20.2 Å². The number of primary amides is 1. The van der Waals surface area contributed by atoms with Gasteiger partial charge >= 0.3 is 5.97 Å². The van der Waals surface area contributed by atoms with E-state index in [0.29, 0.717) is 5.04 Å². The lowest BCUT2D eigenvalue weighted by molar-refractivity contribution is -0.156. The van der Waals surface area contributed by atoms with Crippen molar-refractivity contribution in [1.82, 2.24) is 19.6 Å².